The molecule has 3 heteroatoms. The van der Waals surface area contributed by atoms with E-state index in [0.29, 0.717) is 12.5 Å². The van der Waals surface area contributed by atoms with Gasteiger partial charge >= 0.3 is 6.09 Å². The van der Waals surface area contributed by atoms with Crippen LogP contribution in [0.3, 0.4) is 0 Å². The summed E-state index contributed by atoms with van der Waals surface area (Å²) in [4.78, 5) is 12.2. The van der Waals surface area contributed by atoms with Crippen molar-refractivity contribution in [3.8, 4) is 0 Å². The van der Waals surface area contributed by atoms with E-state index in [1.807, 2.05) is 0 Å². The van der Waals surface area contributed by atoms with Crippen LogP contribution in [0.5, 0.6) is 0 Å². The van der Waals surface area contributed by atoms with Crippen molar-refractivity contribution in [1.82, 2.24) is 4.90 Å². The predicted octanol–water partition coefficient (Wildman–Crippen LogP) is 1.71. The molecule has 1 N–H and O–H groups in total. The zero-order valence-electron chi connectivity index (χ0n) is 6.99. The highest BCUT2D eigenvalue weighted by Gasteiger charge is 2.30. The van der Waals surface area contributed by atoms with Gasteiger partial charge in [-0.05, 0) is 30.8 Å². The molecule has 0 aromatic carbocycles. The Morgan fingerprint density at radius 2 is 2.50 bits per heavy atom. The molecule has 0 saturated carbocycles. The Hall–Kier alpha value is -0.990. The van der Waals surface area contributed by atoms with Crippen molar-refractivity contribution in [1.29, 1.82) is 0 Å². The van der Waals surface area contributed by atoms with Gasteiger partial charge in [0.1, 0.15) is 0 Å². The number of carbonyl (C=O) groups is 1. The summed E-state index contributed by atoms with van der Waals surface area (Å²) in [6, 6.07) is 0. The van der Waals surface area contributed by atoms with Gasteiger partial charge in [0.05, 0.1) is 0 Å². The summed E-state index contributed by atoms with van der Waals surface area (Å²) in [6.45, 7) is 1.38. The third-order valence-corrected chi connectivity index (χ3v) is 2.77. The number of hydrogen-bond donors (Lipinski definition) is 1. The highest BCUT2D eigenvalue weighted by atomic mass is 16.4. The number of likely N-dealkylation sites (tertiary alicyclic amines) is 1. The normalized spacial score (nSPS) is 28.2. The lowest BCUT2D eigenvalue weighted by atomic mass is 9.91. The van der Waals surface area contributed by atoms with Gasteiger partial charge in [0.25, 0.3) is 0 Å². The van der Waals surface area contributed by atoms with Crippen molar-refractivity contribution in [2.24, 2.45) is 5.92 Å². The fraction of sp³-hybridized carbons (Fsp3) is 0.667. The molecule has 2 aliphatic rings. The summed E-state index contributed by atoms with van der Waals surface area (Å²) in [5.74, 6) is 0.537. The molecule has 0 spiro atoms. The first-order valence-corrected chi connectivity index (χ1v) is 4.44. The zero-order chi connectivity index (χ0) is 8.55. The van der Waals surface area contributed by atoms with E-state index in [2.05, 4.69) is 6.08 Å². The van der Waals surface area contributed by atoms with Crippen LogP contribution in [-0.4, -0.2) is 29.2 Å². The Balaban J connectivity index is 2.09. The minimum Gasteiger partial charge on any atom is -0.465 e. The molecule has 12 heavy (non-hydrogen) atoms. The van der Waals surface area contributed by atoms with Gasteiger partial charge < -0.3 is 10.0 Å². The SMILES string of the molecule is O=C(O)N1CC2=CCCCC2C1. The molecule has 1 atom stereocenters. The molecule has 0 aromatic rings. The lowest BCUT2D eigenvalue weighted by Gasteiger charge is -2.14. The highest BCUT2D eigenvalue weighted by molar-refractivity contribution is 5.66. The standard InChI is InChI=1S/C9H13NO2/c11-9(12)10-5-7-3-1-2-4-8(7)6-10/h3,8H,1-2,4-6H2,(H,11,12). The summed E-state index contributed by atoms with van der Waals surface area (Å²) >= 11 is 0. The number of amides is 1. The Labute approximate surface area is 71.7 Å². The first-order valence-electron chi connectivity index (χ1n) is 4.44. The summed E-state index contributed by atoms with van der Waals surface area (Å²) in [5.41, 5.74) is 1.35. The van der Waals surface area contributed by atoms with Gasteiger partial charge in [-0.25, -0.2) is 4.79 Å². The fourth-order valence-electron chi connectivity index (χ4n) is 2.10. The third-order valence-electron chi connectivity index (χ3n) is 2.77. The first-order chi connectivity index (χ1) is 5.77. The Morgan fingerprint density at radius 1 is 1.67 bits per heavy atom. The van der Waals surface area contributed by atoms with Crippen LogP contribution in [-0.2, 0) is 0 Å². The highest BCUT2D eigenvalue weighted by Crippen LogP contribution is 2.31. The molecule has 0 radical (unpaired) electrons. The predicted molar refractivity (Wildman–Crippen MR) is 45.0 cm³/mol. The molecule has 1 fully saturated rings. The van der Waals surface area contributed by atoms with Gasteiger partial charge in [0.15, 0.2) is 0 Å². The van der Waals surface area contributed by atoms with Crippen molar-refractivity contribution in [2.75, 3.05) is 13.1 Å². The topological polar surface area (TPSA) is 40.5 Å². The first kappa shape index (κ1) is 7.65. The summed E-state index contributed by atoms with van der Waals surface area (Å²) in [6.07, 6.45) is 4.98. The Morgan fingerprint density at radius 3 is 3.17 bits per heavy atom. The van der Waals surface area contributed by atoms with Crippen molar-refractivity contribution in [3.05, 3.63) is 11.6 Å². The fourth-order valence-corrected chi connectivity index (χ4v) is 2.10. The zero-order valence-corrected chi connectivity index (χ0v) is 6.99. The van der Waals surface area contributed by atoms with Crippen LogP contribution in [0.25, 0.3) is 0 Å². The Kier molecular flexibility index (Phi) is 1.79. The number of allylic oxidation sites excluding steroid dienone is 1. The maximum Gasteiger partial charge on any atom is 0.407 e. The number of nitrogens with zero attached hydrogens (tertiary/aromatic N) is 1. The smallest absolute Gasteiger partial charge is 0.407 e. The lowest BCUT2D eigenvalue weighted by Crippen LogP contribution is -2.26. The molecule has 0 aromatic heterocycles. The summed E-state index contributed by atoms with van der Waals surface area (Å²) in [7, 11) is 0. The van der Waals surface area contributed by atoms with Crippen LogP contribution in [0.15, 0.2) is 11.6 Å². The average molecular weight is 167 g/mol. The molecule has 1 saturated heterocycles. The summed E-state index contributed by atoms with van der Waals surface area (Å²) < 4.78 is 0. The van der Waals surface area contributed by atoms with Gasteiger partial charge in [-0.1, -0.05) is 6.08 Å². The molecule has 1 amide bonds. The van der Waals surface area contributed by atoms with Gasteiger partial charge in [-0.3, -0.25) is 0 Å². The molecular weight excluding hydrogens is 154 g/mol. The van der Waals surface area contributed by atoms with E-state index in [1.165, 1.54) is 23.3 Å². The van der Waals surface area contributed by atoms with E-state index in [-0.39, 0.29) is 0 Å². The van der Waals surface area contributed by atoms with Crippen LogP contribution in [0.1, 0.15) is 19.3 Å². The number of fused-ring (bicyclic) bond motifs is 1. The molecular formula is C9H13NO2. The van der Waals surface area contributed by atoms with E-state index < -0.39 is 6.09 Å². The monoisotopic (exact) mass is 167 g/mol. The van der Waals surface area contributed by atoms with Crippen LogP contribution < -0.4 is 0 Å². The maximum absolute atomic E-state index is 10.6. The van der Waals surface area contributed by atoms with Crippen LogP contribution in [0.2, 0.25) is 0 Å². The second-order valence-corrected chi connectivity index (χ2v) is 3.57. The molecule has 66 valence electrons. The Bertz CT molecular complexity index is 235. The molecule has 1 aliphatic carbocycles. The van der Waals surface area contributed by atoms with Crippen molar-refractivity contribution in [3.63, 3.8) is 0 Å². The molecule has 1 aliphatic heterocycles. The molecule has 1 heterocycles. The molecule has 0 bridgehead atoms. The number of carboxylic acid groups (broad SMARTS) is 1. The average Bonchev–Trinajstić information content (AvgIpc) is 2.46. The van der Waals surface area contributed by atoms with Gasteiger partial charge in [0, 0.05) is 13.1 Å². The van der Waals surface area contributed by atoms with E-state index >= 15 is 0 Å². The minimum atomic E-state index is -0.773. The molecule has 2 rings (SSSR count). The van der Waals surface area contributed by atoms with E-state index in [1.54, 1.807) is 0 Å². The van der Waals surface area contributed by atoms with Crippen molar-refractivity contribution >= 4 is 6.09 Å². The van der Waals surface area contributed by atoms with Crippen LogP contribution in [0, 0.1) is 5.92 Å². The van der Waals surface area contributed by atoms with E-state index in [4.69, 9.17) is 5.11 Å². The van der Waals surface area contributed by atoms with Crippen molar-refractivity contribution in [2.45, 2.75) is 19.3 Å². The second kappa shape index (κ2) is 2.81. The molecule has 1 unspecified atom stereocenters. The summed E-state index contributed by atoms with van der Waals surface area (Å²) in [5, 5.41) is 8.76. The van der Waals surface area contributed by atoms with Crippen molar-refractivity contribution < 1.29 is 9.90 Å². The maximum atomic E-state index is 10.6. The quantitative estimate of drug-likeness (QED) is 0.558. The van der Waals surface area contributed by atoms with E-state index in [0.717, 1.165) is 13.0 Å². The van der Waals surface area contributed by atoms with Crippen LogP contribution in [0.4, 0.5) is 4.79 Å². The number of hydrogen-bond acceptors (Lipinski definition) is 1. The number of rotatable bonds is 0. The molecule has 3 nitrogen and oxygen atoms in total. The van der Waals surface area contributed by atoms with E-state index in [9.17, 15) is 4.79 Å². The van der Waals surface area contributed by atoms with Gasteiger partial charge in [0.2, 0.25) is 0 Å². The largest absolute Gasteiger partial charge is 0.465 e. The van der Waals surface area contributed by atoms with Gasteiger partial charge in [-0.2, -0.15) is 0 Å². The minimum absolute atomic E-state index is 0.537. The van der Waals surface area contributed by atoms with Crippen LogP contribution >= 0.6 is 0 Å². The third kappa shape index (κ3) is 1.19. The van der Waals surface area contributed by atoms with Gasteiger partial charge in [-0.15, -0.1) is 0 Å². The second-order valence-electron chi connectivity index (χ2n) is 3.57. The lowest BCUT2D eigenvalue weighted by molar-refractivity contribution is 0.154.